The van der Waals surface area contributed by atoms with E-state index >= 15 is 0 Å². The van der Waals surface area contributed by atoms with Gasteiger partial charge in [-0.15, -0.1) is 0 Å². The lowest BCUT2D eigenvalue weighted by atomic mass is 10.3. The molecule has 9 heteroatoms. The molecule has 110 valence electrons. The molecule has 20 heavy (non-hydrogen) atoms. The third-order valence-corrected chi connectivity index (χ3v) is 4.28. The Morgan fingerprint density at radius 3 is 2.90 bits per heavy atom. The van der Waals surface area contributed by atoms with Crippen molar-refractivity contribution in [1.29, 1.82) is 0 Å². The Morgan fingerprint density at radius 2 is 2.30 bits per heavy atom. The van der Waals surface area contributed by atoms with Crippen LogP contribution in [0.25, 0.3) is 0 Å². The van der Waals surface area contributed by atoms with Crippen LogP contribution in [0.3, 0.4) is 0 Å². The first kappa shape index (κ1) is 14.7. The van der Waals surface area contributed by atoms with E-state index in [9.17, 15) is 8.42 Å². The highest BCUT2D eigenvalue weighted by molar-refractivity contribution is 7.89. The number of nitrogens with zero attached hydrogens (tertiary/aromatic N) is 2. The molecule has 2 heterocycles. The molecule has 0 atom stereocenters. The molecular formula is C11H16N4O4S. The highest BCUT2D eigenvalue weighted by atomic mass is 32.2. The number of hydrogen-bond acceptors (Lipinski definition) is 6. The number of aromatic amines is 1. The first-order chi connectivity index (χ1) is 9.53. The molecule has 8 nitrogen and oxygen atoms in total. The van der Waals surface area contributed by atoms with Crippen LogP contribution >= 0.6 is 0 Å². The summed E-state index contributed by atoms with van der Waals surface area (Å²) in [4.78, 5) is 4.01. The van der Waals surface area contributed by atoms with Gasteiger partial charge in [0.2, 0.25) is 10.0 Å². The summed E-state index contributed by atoms with van der Waals surface area (Å²) in [6.45, 7) is 1.49. The minimum absolute atomic E-state index is 0.0567. The number of aliphatic hydroxyl groups excluding tert-OH is 1. The third-order valence-electron chi connectivity index (χ3n) is 2.72. The summed E-state index contributed by atoms with van der Waals surface area (Å²) in [5.41, 5.74) is 0. The smallest absolute Gasteiger partial charge is 0.244 e. The third kappa shape index (κ3) is 3.44. The fourth-order valence-electron chi connectivity index (χ4n) is 1.76. The molecule has 0 saturated heterocycles. The van der Waals surface area contributed by atoms with E-state index in [0.29, 0.717) is 18.7 Å². The van der Waals surface area contributed by atoms with Crippen molar-refractivity contribution in [3.8, 4) is 0 Å². The second-order valence-electron chi connectivity index (χ2n) is 4.22. The molecule has 2 aromatic heterocycles. The van der Waals surface area contributed by atoms with Gasteiger partial charge < -0.3 is 9.52 Å². The number of furan rings is 1. The molecule has 0 bridgehead atoms. The fourth-order valence-corrected chi connectivity index (χ4v) is 3.04. The van der Waals surface area contributed by atoms with Crippen molar-refractivity contribution in [2.45, 2.75) is 31.3 Å². The molecule has 0 saturated carbocycles. The number of sulfonamides is 1. The summed E-state index contributed by atoms with van der Waals surface area (Å²) in [5, 5.41) is 15.4. The van der Waals surface area contributed by atoms with E-state index in [1.807, 2.05) is 0 Å². The van der Waals surface area contributed by atoms with Crippen molar-refractivity contribution < 1.29 is 17.9 Å². The van der Waals surface area contributed by atoms with E-state index in [4.69, 9.17) is 9.52 Å². The van der Waals surface area contributed by atoms with Crippen molar-refractivity contribution in [3.05, 3.63) is 29.7 Å². The molecule has 0 fully saturated rings. The van der Waals surface area contributed by atoms with E-state index in [-0.39, 0.29) is 29.6 Å². The average molecular weight is 300 g/mol. The summed E-state index contributed by atoms with van der Waals surface area (Å²) in [6.07, 6.45) is 2.61. The van der Waals surface area contributed by atoms with Gasteiger partial charge in [0, 0.05) is 19.0 Å². The number of aliphatic hydroxyl groups is 1. The monoisotopic (exact) mass is 300 g/mol. The topological polar surface area (TPSA) is 121 Å². The van der Waals surface area contributed by atoms with E-state index in [1.165, 1.54) is 12.4 Å². The quantitative estimate of drug-likeness (QED) is 0.624. The Kier molecular flexibility index (Phi) is 4.53. The van der Waals surface area contributed by atoms with Gasteiger partial charge in [0.25, 0.3) is 0 Å². The first-order valence-electron chi connectivity index (χ1n) is 6.07. The Labute approximate surface area is 116 Å². The van der Waals surface area contributed by atoms with Crippen LogP contribution in [-0.4, -0.2) is 35.3 Å². The molecule has 2 rings (SSSR count). The van der Waals surface area contributed by atoms with Crippen molar-refractivity contribution in [1.82, 2.24) is 19.9 Å². The number of H-pyrrole nitrogens is 1. The minimum atomic E-state index is -3.62. The maximum Gasteiger partial charge on any atom is 0.244 e. The van der Waals surface area contributed by atoms with E-state index in [2.05, 4.69) is 19.9 Å². The number of hydrogen-bond donors (Lipinski definition) is 3. The zero-order valence-corrected chi connectivity index (χ0v) is 11.8. The molecule has 0 aromatic carbocycles. The van der Waals surface area contributed by atoms with Gasteiger partial charge in [-0.2, -0.15) is 5.10 Å². The van der Waals surface area contributed by atoms with E-state index in [0.717, 1.165) is 0 Å². The molecule has 0 aliphatic carbocycles. The highest BCUT2D eigenvalue weighted by Crippen LogP contribution is 2.19. The summed E-state index contributed by atoms with van der Waals surface area (Å²) in [5.74, 6) is 1.20. The molecule has 2 aromatic rings. The van der Waals surface area contributed by atoms with Gasteiger partial charge in [-0.25, -0.2) is 18.1 Å². The largest absolute Gasteiger partial charge is 0.462 e. The van der Waals surface area contributed by atoms with Gasteiger partial charge in [0.15, 0.2) is 0 Å². The van der Waals surface area contributed by atoms with E-state index in [1.54, 1.807) is 6.92 Å². The first-order valence-corrected chi connectivity index (χ1v) is 7.55. The zero-order valence-electron chi connectivity index (χ0n) is 11.0. The number of aromatic nitrogens is 3. The zero-order chi connectivity index (χ0) is 14.6. The summed E-state index contributed by atoms with van der Waals surface area (Å²) < 4.78 is 31.7. The lowest BCUT2D eigenvalue weighted by molar-refractivity contribution is 0.244. The minimum Gasteiger partial charge on any atom is -0.462 e. The summed E-state index contributed by atoms with van der Waals surface area (Å²) in [7, 11) is -3.62. The van der Waals surface area contributed by atoms with Gasteiger partial charge >= 0.3 is 0 Å². The van der Waals surface area contributed by atoms with Gasteiger partial charge in [-0.3, -0.25) is 5.10 Å². The predicted molar refractivity (Wildman–Crippen MR) is 69.3 cm³/mol. The molecule has 0 aliphatic heterocycles. The van der Waals surface area contributed by atoms with Crippen LogP contribution in [0.2, 0.25) is 0 Å². The molecule has 0 unspecified atom stereocenters. The fraction of sp³-hybridized carbons (Fsp3) is 0.455. The molecule has 0 amide bonds. The van der Waals surface area contributed by atoms with Gasteiger partial charge in [0.05, 0.1) is 0 Å². The van der Waals surface area contributed by atoms with Gasteiger partial charge in [-0.1, -0.05) is 0 Å². The van der Waals surface area contributed by atoms with Crippen LogP contribution in [0.4, 0.5) is 0 Å². The predicted octanol–water partition coefficient (Wildman–Crippen LogP) is 0.110. The van der Waals surface area contributed by atoms with Crippen molar-refractivity contribution in [2.75, 3.05) is 6.54 Å². The maximum atomic E-state index is 12.1. The lowest BCUT2D eigenvalue weighted by Gasteiger charge is -2.04. The standard InChI is InChI=1S/C11H16N4O4S/c1-8-10(5-9(6-16)19-8)20(17,18)14-4-2-3-11-12-7-13-15-11/h5,7,14,16H,2-4,6H2,1H3,(H,12,13,15). The Bertz CT molecular complexity index is 648. The van der Waals surface area contributed by atoms with Crippen molar-refractivity contribution in [2.24, 2.45) is 0 Å². The van der Waals surface area contributed by atoms with E-state index < -0.39 is 10.0 Å². The van der Waals surface area contributed by atoms with Crippen molar-refractivity contribution in [3.63, 3.8) is 0 Å². The average Bonchev–Trinajstić information content (AvgIpc) is 3.04. The molecule has 0 aliphatic rings. The summed E-state index contributed by atoms with van der Waals surface area (Å²) in [6, 6.07) is 1.33. The molecular weight excluding hydrogens is 284 g/mol. The van der Waals surface area contributed by atoms with Crippen molar-refractivity contribution >= 4 is 10.0 Å². The molecule has 0 spiro atoms. The van der Waals surface area contributed by atoms with Crippen LogP contribution < -0.4 is 4.72 Å². The second-order valence-corrected chi connectivity index (χ2v) is 5.96. The Balaban J connectivity index is 1.91. The van der Waals surface area contributed by atoms with Crippen LogP contribution in [0.1, 0.15) is 23.8 Å². The van der Waals surface area contributed by atoms with Crippen LogP contribution in [0.5, 0.6) is 0 Å². The lowest BCUT2D eigenvalue weighted by Crippen LogP contribution is -2.25. The summed E-state index contributed by atoms with van der Waals surface area (Å²) >= 11 is 0. The number of nitrogens with one attached hydrogen (secondary N) is 2. The van der Waals surface area contributed by atoms with Crippen LogP contribution in [-0.2, 0) is 23.1 Å². The Hall–Kier alpha value is -1.71. The van der Waals surface area contributed by atoms with Crippen LogP contribution in [0.15, 0.2) is 21.7 Å². The maximum absolute atomic E-state index is 12.1. The molecule has 3 N–H and O–H groups in total. The van der Waals surface area contributed by atoms with Gasteiger partial charge in [-0.05, 0) is 13.3 Å². The Morgan fingerprint density at radius 1 is 1.50 bits per heavy atom. The number of rotatable bonds is 7. The SMILES string of the molecule is Cc1oc(CO)cc1S(=O)(=O)NCCCc1ncn[nH]1. The highest BCUT2D eigenvalue weighted by Gasteiger charge is 2.20. The van der Waals surface area contributed by atoms with Crippen LogP contribution in [0, 0.1) is 6.92 Å². The molecule has 0 radical (unpaired) electrons. The second kappa shape index (κ2) is 6.16. The van der Waals surface area contributed by atoms with Gasteiger partial charge in [0.1, 0.15) is 35.2 Å². The number of aryl methyl sites for hydroxylation is 2. The normalized spacial score (nSPS) is 11.9.